The highest BCUT2D eigenvalue weighted by molar-refractivity contribution is 6.18. The molecule has 0 aromatic heterocycles. The van der Waals surface area contributed by atoms with E-state index in [0.29, 0.717) is 37.8 Å². The average molecular weight is 565 g/mol. The zero-order valence-electron chi connectivity index (χ0n) is 20.4. The number of hydrogen-bond donors (Lipinski definition) is 2. The highest BCUT2D eigenvalue weighted by Crippen LogP contribution is 2.40. The van der Waals surface area contributed by atoms with Gasteiger partial charge in [0, 0.05) is 6.04 Å². The lowest BCUT2D eigenvalue weighted by molar-refractivity contribution is -0.143. The Bertz CT molecular complexity index is 1080. The molecule has 0 saturated heterocycles. The van der Waals surface area contributed by atoms with Crippen LogP contribution in [-0.4, -0.2) is 30.5 Å². The molecule has 1 aliphatic rings. The first-order valence-electron chi connectivity index (χ1n) is 11.9. The number of benzene rings is 2. The number of alkyl halides is 7. The van der Waals surface area contributed by atoms with Crippen LogP contribution in [0.2, 0.25) is 0 Å². The predicted octanol–water partition coefficient (Wildman–Crippen LogP) is 6.75. The van der Waals surface area contributed by atoms with Crippen molar-refractivity contribution in [2.75, 3.05) is 12.5 Å². The number of hydrogen-bond acceptors (Lipinski definition) is 3. The van der Waals surface area contributed by atoms with Crippen LogP contribution >= 0.6 is 11.6 Å². The largest absolute Gasteiger partial charge is 0.448 e. The molecule has 1 saturated carbocycles. The molecule has 0 radical (unpaired) electrons. The minimum absolute atomic E-state index is 0.0337. The zero-order chi connectivity index (χ0) is 28.1. The zero-order valence-corrected chi connectivity index (χ0v) is 21.1. The van der Waals surface area contributed by atoms with Gasteiger partial charge in [-0.15, -0.1) is 11.6 Å². The van der Waals surface area contributed by atoms with Crippen LogP contribution in [0, 0.1) is 0 Å². The van der Waals surface area contributed by atoms with E-state index in [2.05, 4.69) is 10.6 Å². The van der Waals surface area contributed by atoms with Gasteiger partial charge in [-0.1, -0.05) is 30.3 Å². The minimum atomic E-state index is -5.02. The number of ether oxygens (including phenoxy) is 1. The van der Waals surface area contributed by atoms with Crippen molar-refractivity contribution in [1.82, 2.24) is 10.6 Å². The lowest BCUT2D eigenvalue weighted by Crippen LogP contribution is -2.52. The number of amides is 2. The Morgan fingerprint density at radius 3 is 2.05 bits per heavy atom. The third kappa shape index (κ3) is 7.33. The van der Waals surface area contributed by atoms with E-state index in [9.17, 15) is 35.9 Å². The van der Waals surface area contributed by atoms with E-state index >= 15 is 0 Å². The molecule has 1 aliphatic carbocycles. The maximum Gasteiger partial charge on any atom is 0.416 e. The average Bonchev–Trinajstić information content (AvgIpc) is 2.87. The standard InChI is InChI=1S/C26H27ClF6N2O3/c1-16(17-13-19(25(28,29)30)15-20(14-17)26(31,32)33)22(36)35-24(18-5-3-2-4-6-18)9-7-21(8-10-24)34-23(37)38-12-11-27/h2-6,13-16,21H,7-12H2,1H3,(H,34,37)(H,35,36). The molecule has 1 atom stereocenters. The van der Waals surface area contributed by atoms with Gasteiger partial charge in [0.25, 0.3) is 0 Å². The summed E-state index contributed by atoms with van der Waals surface area (Å²) in [6.07, 6.45) is -9.03. The summed E-state index contributed by atoms with van der Waals surface area (Å²) in [6.45, 7) is 1.32. The molecular formula is C26H27ClF6N2O3. The molecular weight excluding hydrogens is 538 g/mol. The predicted molar refractivity (Wildman–Crippen MR) is 129 cm³/mol. The molecule has 1 unspecified atom stereocenters. The Labute approximate surface area is 220 Å². The quantitative estimate of drug-likeness (QED) is 0.289. The van der Waals surface area contributed by atoms with Gasteiger partial charge in [0.15, 0.2) is 0 Å². The van der Waals surface area contributed by atoms with Gasteiger partial charge < -0.3 is 15.4 Å². The first-order chi connectivity index (χ1) is 17.7. The van der Waals surface area contributed by atoms with Crippen LogP contribution in [0.15, 0.2) is 48.5 Å². The van der Waals surface area contributed by atoms with Gasteiger partial charge in [0.05, 0.1) is 28.5 Å². The molecule has 2 amide bonds. The summed E-state index contributed by atoms with van der Waals surface area (Å²) in [5, 5.41) is 5.65. The monoisotopic (exact) mass is 564 g/mol. The van der Waals surface area contributed by atoms with Crippen molar-refractivity contribution in [3.63, 3.8) is 0 Å². The molecule has 12 heteroatoms. The van der Waals surface area contributed by atoms with Crippen LogP contribution in [-0.2, 0) is 27.4 Å². The van der Waals surface area contributed by atoms with Gasteiger partial charge in [0.1, 0.15) is 6.61 Å². The fourth-order valence-corrected chi connectivity index (χ4v) is 4.64. The molecule has 0 spiro atoms. The Morgan fingerprint density at radius 1 is 1.00 bits per heavy atom. The number of alkyl carbamates (subject to hydrolysis) is 1. The minimum Gasteiger partial charge on any atom is -0.448 e. The summed E-state index contributed by atoms with van der Waals surface area (Å²) in [6, 6.07) is 9.82. The Balaban J connectivity index is 1.85. The van der Waals surface area contributed by atoms with E-state index < -0.39 is 52.5 Å². The van der Waals surface area contributed by atoms with Crippen LogP contribution in [0.1, 0.15) is 60.8 Å². The van der Waals surface area contributed by atoms with Gasteiger partial charge in [-0.05, 0) is 61.9 Å². The van der Waals surface area contributed by atoms with E-state index in [1.165, 1.54) is 6.92 Å². The maximum atomic E-state index is 13.3. The van der Waals surface area contributed by atoms with E-state index in [0.717, 1.165) is 5.56 Å². The highest BCUT2D eigenvalue weighted by atomic mass is 35.5. The Morgan fingerprint density at radius 2 is 1.55 bits per heavy atom. The summed E-state index contributed by atoms with van der Waals surface area (Å²) in [7, 11) is 0. The Kier molecular flexibility index (Phi) is 9.22. The second-order valence-corrected chi connectivity index (χ2v) is 9.62. The molecule has 2 aromatic rings. The SMILES string of the molecule is CC(C(=O)NC1(c2ccccc2)CCC(NC(=O)OCCCl)CC1)c1cc(C(F)(F)F)cc(C(F)(F)F)c1. The van der Waals surface area contributed by atoms with Crippen molar-refractivity contribution < 1.29 is 40.7 Å². The van der Waals surface area contributed by atoms with Crippen molar-refractivity contribution in [2.45, 2.75) is 62.5 Å². The number of nitrogens with one attached hydrogen (secondary N) is 2. The van der Waals surface area contributed by atoms with Crippen molar-refractivity contribution in [3.05, 3.63) is 70.8 Å². The van der Waals surface area contributed by atoms with Crippen LogP contribution in [0.25, 0.3) is 0 Å². The van der Waals surface area contributed by atoms with Gasteiger partial charge in [0.2, 0.25) is 5.91 Å². The molecule has 0 bridgehead atoms. The number of halogens is 7. The summed E-state index contributed by atoms with van der Waals surface area (Å²) in [5.74, 6) is -1.87. The van der Waals surface area contributed by atoms with Crippen LogP contribution < -0.4 is 10.6 Å². The van der Waals surface area contributed by atoms with Gasteiger partial charge >= 0.3 is 18.4 Å². The van der Waals surface area contributed by atoms with Crippen LogP contribution in [0.5, 0.6) is 0 Å². The molecule has 0 heterocycles. The molecule has 38 heavy (non-hydrogen) atoms. The molecule has 2 N–H and O–H groups in total. The second kappa shape index (κ2) is 11.8. The van der Waals surface area contributed by atoms with Gasteiger partial charge in [-0.2, -0.15) is 26.3 Å². The molecule has 3 rings (SSSR count). The van der Waals surface area contributed by atoms with Gasteiger partial charge in [-0.3, -0.25) is 4.79 Å². The third-order valence-electron chi connectivity index (χ3n) is 6.66. The second-order valence-electron chi connectivity index (χ2n) is 9.24. The number of rotatable bonds is 7. The number of carbonyl (C=O) groups is 2. The fraction of sp³-hybridized carbons (Fsp3) is 0.462. The molecule has 5 nitrogen and oxygen atoms in total. The van der Waals surface area contributed by atoms with E-state index in [1.807, 2.05) is 0 Å². The van der Waals surface area contributed by atoms with Gasteiger partial charge in [-0.25, -0.2) is 4.79 Å². The molecule has 208 valence electrons. The summed E-state index contributed by atoms with van der Waals surface area (Å²) >= 11 is 5.52. The van der Waals surface area contributed by atoms with E-state index in [4.69, 9.17) is 16.3 Å². The molecule has 2 aromatic carbocycles. The normalized spacial score (nSPS) is 20.9. The summed E-state index contributed by atoms with van der Waals surface area (Å²) < 4.78 is 85.0. The van der Waals surface area contributed by atoms with Crippen molar-refractivity contribution >= 4 is 23.6 Å². The fourth-order valence-electron chi connectivity index (χ4n) is 4.56. The topological polar surface area (TPSA) is 67.4 Å². The van der Waals surface area contributed by atoms with Crippen molar-refractivity contribution in [3.8, 4) is 0 Å². The first-order valence-corrected chi connectivity index (χ1v) is 12.4. The lowest BCUT2D eigenvalue weighted by atomic mass is 9.74. The van der Waals surface area contributed by atoms with Crippen LogP contribution in [0.4, 0.5) is 31.1 Å². The van der Waals surface area contributed by atoms with Crippen LogP contribution in [0.3, 0.4) is 0 Å². The molecule has 1 fully saturated rings. The van der Waals surface area contributed by atoms with Crippen molar-refractivity contribution in [1.29, 1.82) is 0 Å². The number of carbonyl (C=O) groups excluding carboxylic acids is 2. The highest BCUT2D eigenvalue weighted by Gasteiger charge is 2.41. The summed E-state index contributed by atoms with van der Waals surface area (Å²) in [4.78, 5) is 25.2. The third-order valence-corrected chi connectivity index (χ3v) is 6.82. The summed E-state index contributed by atoms with van der Waals surface area (Å²) in [5.41, 5.74) is -3.55. The van der Waals surface area contributed by atoms with E-state index in [-0.39, 0.29) is 24.6 Å². The Hall–Kier alpha value is -2.95. The molecule has 0 aliphatic heterocycles. The first kappa shape index (κ1) is 29.6. The smallest absolute Gasteiger partial charge is 0.416 e. The maximum absolute atomic E-state index is 13.3. The van der Waals surface area contributed by atoms with Crippen molar-refractivity contribution in [2.24, 2.45) is 0 Å². The van der Waals surface area contributed by atoms with E-state index in [1.54, 1.807) is 30.3 Å². The lowest BCUT2D eigenvalue weighted by Gasteiger charge is -2.42.